The van der Waals surface area contributed by atoms with Crippen LogP contribution in [-0.2, 0) is 0 Å². The minimum Gasteiger partial charge on any atom is -0.478 e. The molecule has 0 unspecified atom stereocenters. The molecule has 0 spiro atoms. The van der Waals surface area contributed by atoms with Gasteiger partial charge in [0.25, 0.3) is 0 Å². The van der Waals surface area contributed by atoms with Gasteiger partial charge < -0.3 is 5.11 Å². The SMILES string of the molecule is CSc1nc(-c2ccc(Cl)cc2)ccc1C(=O)O. The van der Waals surface area contributed by atoms with Crippen LogP contribution in [0.5, 0.6) is 0 Å². The van der Waals surface area contributed by atoms with Crippen molar-refractivity contribution >= 4 is 29.3 Å². The van der Waals surface area contributed by atoms with Crippen molar-refractivity contribution in [2.75, 3.05) is 6.26 Å². The average molecular weight is 280 g/mol. The number of halogens is 1. The molecule has 1 N–H and O–H groups in total. The molecule has 0 aliphatic carbocycles. The van der Waals surface area contributed by atoms with E-state index in [0.717, 1.165) is 11.3 Å². The molecule has 2 aromatic rings. The Hall–Kier alpha value is -1.52. The number of aromatic carboxylic acids is 1. The van der Waals surface area contributed by atoms with Gasteiger partial charge in [-0.05, 0) is 30.5 Å². The first-order chi connectivity index (χ1) is 8.61. The maximum absolute atomic E-state index is 11.0. The van der Waals surface area contributed by atoms with E-state index in [1.807, 2.05) is 12.1 Å². The van der Waals surface area contributed by atoms with Crippen LogP contribution in [0.2, 0.25) is 5.02 Å². The molecule has 1 aromatic heterocycles. The zero-order chi connectivity index (χ0) is 13.1. The third-order valence-electron chi connectivity index (χ3n) is 2.42. The van der Waals surface area contributed by atoms with Gasteiger partial charge in [-0.3, -0.25) is 0 Å². The van der Waals surface area contributed by atoms with Crippen LogP contribution in [0.4, 0.5) is 0 Å². The summed E-state index contributed by atoms with van der Waals surface area (Å²) < 4.78 is 0. The van der Waals surface area contributed by atoms with Gasteiger partial charge in [-0.15, -0.1) is 11.8 Å². The summed E-state index contributed by atoms with van der Waals surface area (Å²) >= 11 is 7.14. The Bertz CT molecular complexity index is 584. The Morgan fingerprint density at radius 2 is 1.89 bits per heavy atom. The Kier molecular flexibility index (Phi) is 3.89. The van der Waals surface area contributed by atoms with Crippen molar-refractivity contribution < 1.29 is 9.90 Å². The fourth-order valence-electron chi connectivity index (χ4n) is 1.54. The molecule has 0 bridgehead atoms. The molecule has 0 saturated carbocycles. The van der Waals surface area contributed by atoms with Crippen LogP contribution in [0.15, 0.2) is 41.4 Å². The fraction of sp³-hybridized carbons (Fsp3) is 0.0769. The molecule has 0 amide bonds. The summed E-state index contributed by atoms with van der Waals surface area (Å²) in [7, 11) is 0. The second-order valence-electron chi connectivity index (χ2n) is 3.57. The summed E-state index contributed by atoms with van der Waals surface area (Å²) in [6.07, 6.45) is 1.81. The quantitative estimate of drug-likeness (QED) is 0.868. The van der Waals surface area contributed by atoms with Gasteiger partial charge in [-0.25, -0.2) is 9.78 Å². The second-order valence-corrected chi connectivity index (χ2v) is 4.80. The number of thioether (sulfide) groups is 1. The molecule has 0 aliphatic rings. The van der Waals surface area contributed by atoms with Gasteiger partial charge in [0.15, 0.2) is 0 Å². The van der Waals surface area contributed by atoms with Crippen LogP contribution in [0.1, 0.15) is 10.4 Å². The van der Waals surface area contributed by atoms with Crippen molar-refractivity contribution in [2.24, 2.45) is 0 Å². The molecule has 0 fully saturated rings. The first-order valence-electron chi connectivity index (χ1n) is 5.16. The number of pyridine rings is 1. The molecule has 1 aromatic carbocycles. The highest BCUT2D eigenvalue weighted by molar-refractivity contribution is 7.98. The monoisotopic (exact) mass is 279 g/mol. The zero-order valence-electron chi connectivity index (χ0n) is 9.55. The van der Waals surface area contributed by atoms with Crippen molar-refractivity contribution in [3.05, 3.63) is 47.0 Å². The van der Waals surface area contributed by atoms with E-state index in [0.29, 0.717) is 10.0 Å². The van der Waals surface area contributed by atoms with Gasteiger partial charge in [-0.2, -0.15) is 0 Å². The fourth-order valence-corrected chi connectivity index (χ4v) is 2.23. The smallest absolute Gasteiger partial charge is 0.338 e. The lowest BCUT2D eigenvalue weighted by atomic mass is 10.1. The molecule has 0 atom stereocenters. The minimum absolute atomic E-state index is 0.222. The summed E-state index contributed by atoms with van der Waals surface area (Å²) in [6, 6.07) is 10.5. The highest BCUT2D eigenvalue weighted by Gasteiger charge is 2.12. The molecular formula is C13H10ClNO2S. The van der Waals surface area contributed by atoms with Gasteiger partial charge in [0.05, 0.1) is 11.3 Å². The molecule has 0 saturated heterocycles. The molecule has 5 heteroatoms. The van der Waals surface area contributed by atoms with Crippen molar-refractivity contribution in [1.82, 2.24) is 4.98 Å². The number of nitrogens with zero attached hydrogens (tertiary/aromatic N) is 1. The van der Waals surface area contributed by atoms with Crippen molar-refractivity contribution in [2.45, 2.75) is 5.03 Å². The molecule has 2 rings (SSSR count). The number of carboxylic acids is 1. The number of benzene rings is 1. The van der Waals surface area contributed by atoms with Crippen LogP contribution in [0, 0.1) is 0 Å². The van der Waals surface area contributed by atoms with E-state index in [9.17, 15) is 4.79 Å². The van der Waals surface area contributed by atoms with E-state index in [4.69, 9.17) is 16.7 Å². The second kappa shape index (κ2) is 5.42. The summed E-state index contributed by atoms with van der Waals surface area (Å²) in [5.41, 5.74) is 1.87. The standard InChI is InChI=1S/C13H10ClNO2S/c1-18-12-10(13(16)17)6-7-11(15-12)8-2-4-9(14)5-3-8/h2-7H,1H3,(H,16,17). The first kappa shape index (κ1) is 12.9. The zero-order valence-corrected chi connectivity index (χ0v) is 11.1. The van der Waals surface area contributed by atoms with Gasteiger partial charge in [0, 0.05) is 10.6 Å². The van der Waals surface area contributed by atoms with E-state index in [2.05, 4.69) is 4.98 Å². The molecular weight excluding hydrogens is 270 g/mol. The number of carboxylic acid groups (broad SMARTS) is 1. The van der Waals surface area contributed by atoms with Crippen LogP contribution < -0.4 is 0 Å². The van der Waals surface area contributed by atoms with Gasteiger partial charge in [0.1, 0.15) is 5.03 Å². The van der Waals surface area contributed by atoms with E-state index in [1.165, 1.54) is 11.8 Å². The number of hydrogen-bond donors (Lipinski definition) is 1. The van der Waals surface area contributed by atoms with E-state index in [1.54, 1.807) is 30.5 Å². The van der Waals surface area contributed by atoms with E-state index in [-0.39, 0.29) is 5.56 Å². The molecule has 92 valence electrons. The number of rotatable bonds is 3. The Balaban J connectivity index is 2.47. The molecule has 0 aliphatic heterocycles. The van der Waals surface area contributed by atoms with Gasteiger partial charge in [0.2, 0.25) is 0 Å². The third kappa shape index (κ3) is 2.66. The average Bonchev–Trinajstić information content (AvgIpc) is 2.38. The lowest BCUT2D eigenvalue weighted by Gasteiger charge is -2.06. The Labute approximate surface area is 114 Å². The predicted octanol–water partition coefficient (Wildman–Crippen LogP) is 3.82. The largest absolute Gasteiger partial charge is 0.478 e. The van der Waals surface area contributed by atoms with E-state index >= 15 is 0 Å². The van der Waals surface area contributed by atoms with Crippen molar-refractivity contribution in [3.63, 3.8) is 0 Å². The highest BCUT2D eigenvalue weighted by atomic mass is 35.5. The summed E-state index contributed by atoms with van der Waals surface area (Å²) in [5, 5.41) is 10.2. The topological polar surface area (TPSA) is 50.2 Å². The van der Waals surface area contributed by atoms with E-state index < -0.39 is 5.97 Å². The first-order valence-corrected chi connectivity index (χ1v) is 6.76. The predicted molar refractivity (Wildman–Crippen MR) is 73.4 cm³/mol. The molecule has 3 nitrogen and oxygen atoms in total. The lowest BCUT2D eigenvalue weighted by molar-refractivity contribution is 0.0692. The minimum atomic E-state index is -0.963. The summed E-state index contributed by atoms with van der Waals surface area (Å²) in [5.74, 6) is -0.963. The van der Waals surface area contributed by atoms with Crippen LogP contribution in [-0.4, -0.2) is 22.3 Å². The molecule has 1 heterocycles. The maximum Gasteiger partial charge on any atom is 0.338 e. The molecule has 18 heavy (non-hydrogen) atoms. The van der Waals surface area contributed by atoms with Crippen LogP contribution in [0.3, 0.4) is 0 Å². The Morgan fingerprint density at radius 3 is 2.44 bits per heavy atom. The number of aromatic nitrogens is 1. The third-order valence-corrected chi connectivity index (χ3v) is 3.37. The van der Waals surface area contributed by atoms with Gasteiger partial charge in [-0.1, -0.05) is 23.7 Å². The van der Waals surface area contributed by atoms with Crippen LogP contribution in [0.25, 0.3) is 11.3 Å². The van der Waals surface area contributed by atoms with Crippen LogP contribution >= 0.6 is 23.4 Å². The number of carbonyl (C=O) groups is 1. The van der Waals surface area contributed by atoms with Crippen molar-refractivity contribution in [1.29, 1.82) is 0 Å². The normalized spacial score (nSPS) is 10.3. The Morgan fingerprint density at radius 1 is 1.22 bits per heavy atom. The van der Waals surface area contributed by atoms with Gasteiger partial charge >= 0.3 is 5.97 Å². The maximum atomic E-state index is 11.0. The van der Waals surface area contributed by atoms with Crippen molar-refractivity contribution in [3.8, 4) is 11.3 Å². The number of hydrogen-bond acceptors (Lipinski definition) is 3. The lowest BCUT2D eigenvalue weighted by Crippen LogP contribution is -2.01. The highest BCUT2D eigenvalue weighted by Crippen LogP contribution is 2.25. The summed E-state index contributed by atoms with van der Waals surface area (Å²) in [4.78, 5) is 15.4. The summed E-state index contributed by atoms with van der Waals surface area (Å²) in [6.45, 7) is 0. The molecule has 0 radical (unpaired) electrons.